The first-order chi connectivity index (χ1) is 31.2. The molecule has 294 valence electrons. The number of pyridine rings is 1. The van der Waals surface area contributed by atoms with Crippen molar-refractivity contribution in [2.45, 2.75) is 0 Å². The standard InChI is InChI=1S/C58H37N5/c1-3-14-40(15-4-1)51-37-45-35-30-41-16-7-8-21-48(41)55(45)59-54(51)42-31-26-38(27-32-42)39-28-33-44(34-29-39)57-60-56(43-17-5-2-6-18-43)61-58(62-57)46-19-13-20-47(36-46)63-52-24-11-9-22-49(52)50-23-10-12-25-53(50)63/h1-37H. The highest BCUT2D eigenvalue weighted by Crippen LogP contribution is 2.38. The van der Waals surface area contributed by atoms with Crippen LogP contribution in [-0.4, -0.2) is 24.5 Å². The fourth-order valence-corrected chi connectivity index (χ4v) is 8.93. The zero-order valence-electron chi connectivity index (χ0n) is 34.1. The summed E-state index contributed by atoms with van der Waals surface area (Å²) in [5.74, 6) is 1.86. The Bertz CT molecular complexity index is 3600. The van der Waals surface area contributed by atoms with Crippen molar-refractivity contribution in [3.05, 3.63) is 224 Å². The third-order valence-electron chi connectivity index (χ3n) is 12.0. The molecule has 12 rings (SSSR count). The Kier molecular flexibility index (Phi) is 8.75. The van der Waals surface area contributed by atoms with Gasteiger partial charge in [0.1, 0.15) is 0 Å². The second kappa shape index (κ2) is 15.2. The van der Waals surface area contributed by atoms with E-state index in [9.17, 15) is 0 Å². The summed E-state index contributed by atoms with van der Waals surface area (Å²) in [4.78, 5) is 20.6. The molecule has 0 atom stereocenters. The molecule has 0 aliphatic rings. The summed E-state index contributed by atoms with van der Waals surface area (Å²) in [7, 11) is 0. The van der Waals surface area contributed by atoms with E-state index in [0.717, 1.165) is 83.2 Å². The normalized spacial score (nSPS) is 11.5. The lowest BCUT2D eigenvalue weighted by atomic mass is 9.95. The number of hydrogen-bond acceptors (Lipinski definition) is 4. The molecule has 0 aliphatic heterocycles. The van der Waals surface area contributed by atoms with E-state index in [2.05, 4.69) is 199 Å². The Balaban J connectivity index is 0.909. The van der Waals surface area contributed by atoms with Gasteiger partial charge < -0.3 is 4.57 Å². The molecule has 9 aromatic carbocycles. The molecule has 0 N–H and O–H groups in total. The first kappa shape index (κ1) is 36.3. The van der Waals surface area contributed by atoms with Crippen molar-refractivity contribution >= 4 is 43.5 Å². The van der Waals surface area contributed by atoms with E-state index in [0.29, 0.717) is 17.5 Å². The zero-order valence-corrected chi connectivity index (χ0v) is 34.1. The summed E-state index contributed by atoms with van der Waals surface area (Å²) in [5, 5.41) is 5.91. The van der Waals surface area contributed by atoms with Gasteiger partial charge in [0.25, 0.3) is 0 Å². The number of aromatic nitrogens is 5. The van der Waals surface area contributed by atoms with E-state index >= 15 is 0 Å². The monoisotopic (exact) mass is 803 g/mol. The van der Waals surface area contributed by atoms with Gasteiger partial charge in [-0.05, 0) is 52.4 Å². The van der Waals surface area contributed by atoms with E-state index in [1.807, 2.05) is 30.3 Å². The molecule has 0 bridgehead atoms. The third-order valence-corrected chi connectivity index (χ3v) is 12.0. The van der Waals surface area contributed by atoms with Crippen molar-refractivity contribution < 1.29 is 0 Å². The minimum atomic E-state index is 0.617. The van der Waals surface area contributed by atoms with Gasteiger partial charge in [0.05, 0.1) is 22.2 Å². The van der Waals surface area contributed by atoms with Crippen molar-refractivity contribution in [1.29, 1.82) is 0 Å². The molecular formula is C58H37N5. The van der Waals surface area contributed by atoms with Gasteiger partial charge in [-0.25, -0.2) is 19.9 Å². The van der Waals surface area contributed by atoms with E-state index in [1.165, 1.54) is 16.2 Å². The lowest BCUT2D eigenvalue weighted by Gasteiger charge is -2.14. The zero-order chi connectivity index (χ0) is 41.7. The average molecular weight is 804 g/mol. The maximum absolute atomic E-state index is 5.38. The quantitative estimate of drug-likeness (QED) is 0.151. The van der Waals surface area contributed by atoms with Gasteiger partial charge >= 0.3 is 0 Å². The summed E-state index contributed by atoms with van der Waals surface area (Å²) in [5.41, 5.74) is 13.6. The molecule has 63 heavy (non-hydrogen) atoms. The van der Waals surface area contributed by atoms with Crippen LogP contribution in [0.4, 0.5) is 0 Å². The fraction of sp³-hybridized carbons (Fsp3) is 0. The van der Waals surface area contributed by atoms with E-state index in [1.54, 1.807) is 0 Å². The van der Waals surface area contributed by atoms with Gasteiger partial charge in [0, 0.05) is 55.0 Å². The highest BCUT2D eigenvalue weighted by atomic mass is 15.0. The van der Waals surface area contributed by atoms with Crippen LogP contribution >= 0.6 is 0 Å². The highest BCUT2D eigenvalue weighted by molar-refractivity contribution is 6.09. The molecule has 0 amide bonds. The molecule has 0 saturated heterocycles. The Morgan fingerprint density at radius 1 is 0.286 bits per heavy atom. The minimum Gasteiger partial charge on any atom is -0.309 e. The van der Waals surface area contributed by atoms with Crippen molar-refractivity contribution in [3.63, 3.8) is 0 Å². The number of benzene rings is 9. The molecule has 0 spiro atoms. The second-order valence-electron chi connectivity index (χ2n) is 15.9. The molecule has 3 aromatic heterocycles. The van der Waals surface area contributed by atoms with Gasteiger partial charge in [-0.3, -0.25) is 0 Å². The molecule has 0 radical (unpaired) electrons. The molecule has 5 heteroatoms. The summed E-state index contributed by atoms with van der Waals surface area (Å²) < 4.78 is 2.32. The number of fused-ring (bicyclic) bond motifs is 6. The minimum absolute atomic E-state index is 0.617. The van der Waals surface area contributed by atoms with E-state index in [-0.39, 0.29) is 0 Å². The lowest BCUT2D eigenvalue weighted by Crippen LogP contribution is -2.01. The fourth-order valence-electron chi connectivity index (χ4n) is 8.93. The number of nitrogens with zero attached hydrogens (tertiary/aromatic N) is 5. The molecule has 12 aromatic rings. The lowest BCUT2D eigenvalue weighted by molar-refractivity contribution is 1.07. The van der Waals surface area contributed by atoms with Crippen molar-refractivity contribution in [3.8, 4) is 73.4 Å². The number of para-hydroxylation sites is 2. The second-order valence-corrected chi connectivity index (χ2v) is 15.9. The number of rotatable bonds is 7. The van der Waals surface area contributed by atoms with Crippen LogP contribution in [0.1, 0.15) is 0 Å². The van der Waals surface area contributed by atoms with Crippen molar-refractivity contribution in [2.24, 2.45) is 0 Å². The van der Waals surface area contributed by atoms with Crippen LogP contribution in [0.25, 0.3) is 117 Å². The van der Waals surface area contributed by atoms with Gasteiger partial charge in [-0.2, -0.15) is 0 Å². The van der Waals surface area contributed by atoms with Gasteiger partial charge in [0.2, 0.25) is 0 Å². The van der Waals surface area contributed by atoms with Crippen LogP contribution in [0.3, 0.4) is 0 Å². The Morgan fingerprint density at radius 3 is 1.41 bits per heavy atom. The molecule has 5 nitrogen and oxygen atoms in total. The predicted molar refractivity (Wildman–Crippen MR) is 260 cm³/mol. The Morgan fingerprint density at radius 2 is 0.762 bits per heavy atom. The highest BCUT2D eigenvalue weighted by Gasteiger charge is 2.17. The summed E-state index contributed by atoms with van der Waals surface area (Å²) in [6.07, 6.45) is 0. The molecule has 0 saturated carbocycles. The van der Waals surface area contributed by atoms with Crippen LogP contribution in [0, 0.1) is 0 Å². The summed E-state index contributed by atoms with van der Waals surface area (Å²) in [6, 6.07) is 78.7. The van der Waals surface area contributed by atoms with Crippen LogP contribution in [-0.2, 0) is 0 Å². The summed E-state index contributed by atoms with van der Waals surface area (Å²) >= 11 is 0. The molecule has 0 fully saturated rings. The first-order valence-corrected chi connectivity index (χ1v) is 21.2. The Hall–Kier alpha value is -8.54. The Labute approximate surface area is 364 Å². The maximum atomic E-state index is 5.38. The van der Waals surface area contributed by atoms with Crippen molar-refractivity contribution in [1.82, 2.24) is 24.5 Å². The van der Waals surface area contributed by atoms with Gasteiger partial charge in [-0.15, -0.1) is 0 Å². The molecule has 3 heterocycles. The van der Waals surface area contributed by atoms with Crippen molar-refractivity contribution in [2.75, 3.05) is 0 Å². The average Bonchev–Trinajstić information content (AvgIpc) is 3.71. The first-order valence-electron chi connectivity index (χ1n) is 21.2. The van der Waals surface area contributed by atoms with Gasteiger partial charge in [-0.1, -0.05) is 194 Å². The third kappa shape index (κ3) is 6.51. The van der Waals surface area contributed by atoms with Crippen LogP contribution in [0.2, 0.25) is 0 Å². The van der Waals surface area contributed by atoms with Crippen LogP contribution < -0.4 is 0 Å². The maximum Gasteiger partial charge on any atom is 0.164 e. The largest absolute Gasteiger partial charge is 0.309 e. The van der Waals surface area contributed by atoms with Gasteiger partial charge in [0.15, 0.2) is 17.5 Å². The molecule has 0 unspecified atom stereocenters. The molecule has 0 aliphatic carbocycles. The van der Waals surface area contributed by atoms with E-state index in [4.69, 9.17) is 19.9 Å². The van der Waals surface area contributed by atoms with E-state index < -0.39 is 0 Å². The van der Waals surface area contributed by atoms with Crippen LogP contribution in [0.5, 0.6) is 0 Å². The predicted octanol–water partition coefficient (Wildman–Crippen LogP) is 14.7. The number of hydrogen-bond donors (Lipinski definition) is 0. The SMILES string of the molecule is c1ccc(-c2nc(-c3ccc(-c4ccc(-c5nc6c(ccc7ccccc76)cc5-c5ccccc5)cc4)cc3)nc(-c3cccc(-n4c5ccccc5c5ccccc54)c3)n2)cc1. The molecular weight excluding hydrogens is 767 g/mol. The topological polar surface area (TPSA) is 56.5 Å². The summed E-state index contributed by atoms with van der Waals surface area (Å²) in [6.45, 7) is 0. The smallest absolute Gasteiger partial charge is 0.164 e. The van der Waals surface area contributed by atoms with Crippen LogP contribution in [0.15, 0.2) is 224 Å².